The van der Waals surface area contributed by atoms with Gasteiger partial charge in [-0.15, -0.1) is 0 Å². The van der Waals surface area contributed by atoms with E-state index in [1.54, 1.807) is 16.7 Å². The highest BCUT2D eigenvalue weighted by Gasteiger charge is 2.14. The van der Waals surface area contributed by atoms with Crippen LogP contribution < -0.4 is 4.74 Å². The lowest BCUT2D eigenvalue weighted by atomic mass is 10.2. The number of imidazole rings is 1. The van der Waals surface area contributed by atoms with Crippen LogP contribution in [0.5, 0.6) is 5.88 Å². The highest BCUT2D eigenvalue weighted by molar-refractivity contribution is 5.90. The Morgan fingerprint density at radius 2 is 2.27 bits per heavy atom. The zero-order valence-electron chi connectivity index (χ0n) is 8.39. The first kappa shape index (κ1) is 9.51. The Bertz CT molecular complexity index is 531. The largest absolute Gasteiger partial charge is 0.481 e. The van der Waals surface area contributed by atoms with Gasteiger partial charge in [0, 0.05) is 6.20 Å². The van der Waals surface area contributed by atoms with Crippen molar-refractivity contribution in [2.45, 2.75) is 6.92 Å². The Kier molecular flexibility index (Phi) is 2.07. The predicted molar refractivity (Wildman–Crippen MR) is 53.4 cm³/mol. The van der Waals surface area contributed by atoms with E-state index in [1.165, 1.54) is 13.2 Å². The molecule has 0 saturated heterocycles. The Morgan fingerprint density at radius 1 is 1.53 bits per heavy atom. The van der Waals surface area contributed by atoms with Crippen LogP contribution in [0.4, 0.5) is 0 Å². The lowest BCUT2D eigenvalue weighted by molar-refractivity contribution is 0.0692. The molecule has 15 heavy (non-hydrogen) atoms. The summed E-state index contributed by atoms with van der Waals surface area (Å²) in [5, 5.41) is 8.95. The first-order valence-electron chi connectivity index (χ1n) is 4.39. The third kappa shape index (κ3) is 1.41. The van der Waals surface area contributed by atoms with Crippen molar-refractivity contribution in [3.8, 4) is 5.88 Å². The second-order valence-corrected chi connectivity index (χ2v) is 3.17. The van der Waals surface area contributed by atoms with Gasteiger partial charge in [-0.1, -0.05) is 0 Å². The number of fused-ring (bicyclic) bond motifs is 1. The molecule has 5 nitrogen and oxygen atoms in total. The first-order chi connectivity index (χ1) is 7.13. The maximum Gasteiger partial charge on any atom is 0.341 e. The van der Waals surface area contributed by atoms with Crippen LogP contribution in [0.2, 0.25) is 0 Å². The van der Waals surface area contributed by atoms with Crippen molar-refractivity contribution >= 4 is 11.6 Å². The molecule has 2 aromatic heterocycles. The normalized spacial score (nSPS) is 10.5. The SMILES string of the molecule is COc1c(C(=O)O)ccc2nc(C)cn12. The molecule has 2 aromatic rings. The molecule has 0 amide bonds. The van der Waals surface area contributed by atoms with E-state index in [4.69, 9.17) is 9.84 Å². The fourth-order valence-corrected chi connectivity index (χ4v) is 1.53. The van der Waals surface area contributed by atoms with Crippen molar-refractivity contribution in [3.05, 3.63) is 29.6 Å². The van der Waals surface area contributed by atoms with Gasteiger partial charge >= 0.3 is 5.97 Å². The lowest BCUT2D eigenvalue weighted by Crippen LogP contribution is -2.04. The van der Waals surface area contributed by atoms with Crippen LogP contribution in [-0.4, -0.2) is 27.6 Å². The van der Waals surface area contributed by atoms with Crippen LogP contribution >= 0.6 is 0 Å². The van der Waals surface area contributed by atoms with E-state index in [2.05, 4.69) is 4.98 Å². The minimum Gasteiger partial charge on any atom is -0.481 e. The van der Waals surface area contributed by atoms with Crippen molar-refractivity contribution in [2.24, 2.45) is 0 Å². The van der Waals surface area contributed by atoms with Gasteiger partial charge in [-0.05, 0) is 19.1 Å². The number of ether oxygens (including phenoxy) is 1. The molecule has 2 rings (SSSR count). The average molecular weight is 206 g/mol. The van der Waals surface area contributed by atoms with Crippen LogP contribution in [0.1, 0.15) is 16.1 Å². The van der Waals surface area contributed by atoms with E-state index in [0.29, 0.717) is 11.5 Å². The molecule has 0 bridgehead atoms. The third-order valence-electron chi connectivity index (χ3n) is 2.13. The molecule has 1 N–H and O–H groups in total. The summed E-state index contributed by atoms with van der Waals surface area (Å²) in [7, 11) is 1.44. The van der Waals surface area contributed by atoms with Gasteiger partial charge in [0.15, 0.2) is 0 Å². The number of aryl methyl sites for hydroxylation is 1. The summed E-state index contributed by atoms with van der Waals surface area (Å²) in [5.74, 6) is -0.722. The molecule has 0 aliphatic carbocycles. The van der Waals surface area contributed by atoms with Gasteiger partial charge in [0.2, 0.25) is 5.88 Å². The van der Waals surface area contributed by atoms with E-state index in [1.807, 2.05) is 6.92 Å². The minimum atomic E-state index is -1.01. The number of aromatic nitrogens is 2. The molecule has 0 aliphatic rings. The van der Waals surface area contributed by atoms with E-state index in [9.17, 15) is 4.79 Å². The summed E-state index contributed by atoms with van der Waals surface area (Å²) in [4.78, 5) is 15.1. The number of pyridine rings is 1. The molecule has 0 fully saturated rings. The number of hydrogen-bond donors (Lipinski definition) is 1. The molecule has 0 aromatic carbocycles. The maximum atomic E-state index is 10.9. The van der Waals surface area contributed by atoms with Gasteiger partial charge in [0.05, 0.1) is 12.8 Å². The summed E-state index contributed by atoms with van der Waals surface area (Å²) in [6.07, 6.45) is 1.74. The fourth-order valence-electron chi connectivity index (χ4n) is 1.53. The molecule has 0 spiro atoms. The lowest BCUT2D eigenvalue weighted by Gasteiger charge is -2.06. The molecule has 0 radical (unpaired) electrons. The highest BCUT2D eigenvalue weighted by atomic mass is 16.5. The van der Waals surface area contributed by atoms with Crippen LogP contribution in [0.3, 0.4) is 0 Å². The van der Waals surface area contributed by atoms with Gasteiger partial charge < -0.3 is 9.84 Å². The maximum absolute atomic E-state index is 10.9. The third-order valence-corrected chi connectivity index (χ3v) is 2.13. The second-order valence-electron chi connectivity index (χ2n) is 3.17. The number of hydrogen-bond acceptors (Lipinski definition) is 3. The molecule has 0 unspecified atom stereocenters. The van der Waals surface area contributed by atoms with E-state index in [-0.39, 0.29) is 5.56 Å². The van der Waals surface area contributed by atoms with Crippen LogP contribution in [0.25, 0.3) is 5.65 Å². The highest BCUT2D eigenvalue weighted by Crippen LogP contribution is 2.20. The Hall–Kier alpha value is -2.04. The van der Waals surface area contributed by atoms with Gasteiger partial charge in [-0.25, -0.2) is 9.78 Å². The molecule has 0 aliphatic heterocycles. The molecule has 78 valence electrons. The summed E-state index contributed by atoms with van der Waals surface area (Å²) in [6, 6.07) is 3.14. The zero-order valence-corrected chi connectivity index (χ0v) is 8.39. The number of carboxylic acids is 1. The Balaban J connectivity index is 2.80. The van der Waals surface area contributed by atoms with Gasteiger partial charge in [0.25, 0.3) is 0 Å². The number of carboxylic acid groups (broad SMARTS) is 1. The molecular weight excluding hydrogens is 196 g/mol. The van der Waals surface area contributed by atoms with Crippen LogP contribution in [0.15, 0.2) is 18.3 Å². The molecule has 0 saturated carbocycles. The fraction of sp³-hybridized carbons (Fsp3) is 0.200. The van der Waals surface area contributed by atoms with Crippen LogP contribution in [-0.2, 0) is 0 Å². The molecule has 2 heterocycles. The Labute approximate surface area is 85.9 Å². The molecule has 0 atom stereocenters. The second kappa shape index (κ2) is 3.27. The van der Waals surface area contributed by atoms with Gasteiger partial charge in [-0.2, -0.15) is 0 Å². The zero-order chi connectivity index (χ0) is 11.0. The van der Waals surface area contributed by atoms with Crippen LogP contribution in [0, 0.1) is 6.92 Å². The summed E-state index contributed by atoms with van der Waals surface area (Å²) >= 11 is 0. The van der Waals surface area contributed by atoms with Gasteiger partial charge in [0.1, 0.15) is 11.2 Å². The number of carbonyl (C=O) groups is 1. The van der Waals surface area contributed by atoms with Crippen molar-refractivity contribution in [3.63, 3.8) is 0 Å². The van der Waals surface area contributed by atoms with E-state index in [0.717, 1.165) is 5.69 Å². The summed E-state index contributed by atoms with van der Waals surface area (Å²) in [5.41, 5.74) is 1.62. The summed E-state index contributed by atoms with van der Waals surface area (Å²) < 4.78 is 6.70. The standard InChI is InChI=1S/C10H10N2O3/c1-6-5-12-8(11-6)4-3-7(10(13)14)9(12)15-2/h3-5H,1-2H3,(H,13,14). The molecular formula is C10H10N2O3. The van der Waals surface area contributed by atoms with Crippen molar-refractivity contribution in [2.75, 3.05) is 7.11 Å². The first-order valence-corrected chi connectivity index (χ1v) is 4.39. The van der Waals surface area contributed by atoms with Gasteiger partial charge in [-0.3, -0.25) is 4.40 Å². The van der Waals surface area contributed by atoms with Crippen molar-refractivity contribution in [1.82, 2.24) is 9.38 Å². The quantitative estimate of drug-likeness (QED) is 0.805. The monoisotopic (exact) mass is 206 g/mol. The number of methoxy groups -OCH3 is 1. The Morgan fingerprint density at radius 3 is 2.87 bits per heavy atom. The topological polar surface area (TPSA) is 63.8 Å². The number of aromatic carboxylic acids is 1. The average Bonchev–Trinajstić information content (AvgIpc) is 2.55. The van der Waals surface area contributed by atoms with Crippen molar-refractivity contribution in [1.29, 1.82) is 0 Å². The number of rotatable bonds is 2. The predicted octanol–water partition coefficient (Wildman–Crippen LogP) is 1.35. The smallest absolute Gasteiger partial charge is 0.341 e. The van der Waals surface area contributed by atoms with Crippen molar-refractivity contribution < 1.29 is 14.6 Å². The summed E-state index contributed by atoms with van der Waals surface area (Å²) in [6.45, 7) is 1.84. The molecule has 5 heteroatoms. The number of nitrogens with zero attached hydrogens (tertiary/aromatic N) is 2. The minimum absolute atomic E-state index is 0.127. The van der Waals surface area contributed by atoms with E-state index >= 15 is 0 Å². The van der Waals surface area contributed by atoms with E-state index < -0.39 is 5.97 Å².